The summed E-state index contributed by atoms with van der Waals surface area (Å²) in [4.78, 5) is 15.1. The van der Waals surface area contributed by atoms with Gasteiger partial charge in [0.05, 0.1) is 11.0 Å². The highest BCUT2D eigenvalue weighted by Gasteiger charge is 2.15. The van der Waals surface area contributed by atoms with E-state index < -0.39 is 0 Å². The first-order chi connectivity index (χ1) is 26.2. The second-order valence-corrected chi connectivity index (χ2v) is 13.3. The molecule has 8 aromatic carbocycles. The zero-order valence-electron chi connectivity index (χ0n) is 28.8. The second kappa shape index (κ2) is 12.9. The first-order valence-corrected chi connectivity index (χ1v) is 17.9. The van der Waals surface area contributed by atoms with E-state index in [0.717, 1.165) is 44.5 Å². The van der Waals surface area contributed by atoms with Gasteiger partial charge in [-0.3, -0.25) is 0 Å². The molecule has 4 heteroatoms. The van der Waals surface area contributed by atoms with Gasteiger partial charge < -0.3 is 4.57 Å². The Morgan fingerprint density at radius 1 is 0.283 bits per heavy atom. The summed E-state index contributed by atoms with van der Waals surface area (Å²) in [5, 5.41) is 4.85. The van der Waals surface area contributed by atoms with Gasteiger partial charge in [-0.15, -0.1) is 0 Å². The molecule has 0 radical (unpaired) electrons. The molecule has 53 heavy (non-hydrogen) atoms. The number of para-hydroxylation sites is 2. The molecule has 0 atom stereocenters. The molecule has 0 aliphatic rings. The Kier molecular flexibility index (Phi) is 7.43. The fourth-order valence-corrected chi connectivity index (χ4v) is 7.35. The van der Waals surface area contributed by atoms with Crippen LogP contribution >= 0.6 is 0 Å². The van der Waals surface area contributed by atoms with E-state index in [9.17, 15) is 0 Å². The molecule has 0 spiro atoms. The van der Waals surface area contributed by atoms with Gasteiger partial charge in [0, 0.05) is 33.2 Å². The minimum atomic E-state index is 0.638. The molecule has 0 aliphatic heterocycles. The predicted octanol–water partition coefficient (Wildman–Crippen LogP) is 12.5. The number of fused-ring (bicyclic) bond motifs is 4. The first kappa shape index (κ1) is 30.6. The third-order valence-corrected chi connectivity index (χ3v) is 10.1. The van der Waals surface area contributed by atoms with E-state index >= 15 is 0 Å². The lowest BCUT2D eigenvalue weighted by Gasteiger charge is -2.11. The van der Waals surface area contributed by atoms with Crippen LogP contribution in [0.5, 0.6) is 0 Å². The van der Waals surface area contributed by atoms with Crippen LogP contribution in [0.4, 0.5) is 0 Å². The van der Waals surface area contributed by atoms with Gasteiger partial charge in [-0.05, 0) is 63.4 Å². The number of benzene rings is 8. The zero-order valence-corrected chi connectivity index (χ0v) is 28.8. The predicted molar refractivity (Wildman–Crippen MR) is 219 cm³/mol. The van der Waals surface area contributed by atoms with Gasteiger partial charge in [-0.2, -0.15) is 0 Å². The van der Waals surface area contributed by atoms with Gasteiger partial charge in [-0.25, -0.2) is 15.0 Å². The fourth-order valence-electron chi connectivity index (χ4n) is 7.35. The normalized spacial score (nSPS) is 11.4. The molecule has 0 saturated heterocycles. The quantitative estimate of drug-likeness (QED) is 0.176. The molecule has 0 unspecified atom stereocenters. The van der Waals surface area contributed by atoms with Crippen LogP contribution in [-0.4, -0.2) is 19.5 Å². The lowest BCUT2D eigenvalue weighted by atomic mass is 10.0. The van der Waals surface area contributed by atoms with Gasteiger partial charge in [-0.1, -0.05) is 164 Å². The Bertz CT molecular complexity index is 2860. The average molecular weight is 677 g/mol. The SMILES string of the molecule is c1ccc(-c2ccc(-c3nc(-c4ccc(-c5ccc(-n6c7ccccc7c7ccccc76)cc5)cc4)nc(-c4ccc5ccccc5c4)n3)cc2)cc1. The summed E-state index contributed by atoms with van der Waals surface area (Å²) in [5.74, 6) is 1.92. The van der Waals surface area contributed by atoms with Crippen molar-refractivity contribution in [3.63, 3.8) is 0 Å². The highest BCUT2D eigenvalue weighted by Crippen LogP contribution is 2.34. The van der Waals surface area contributed by atoms with Crippen molar-refractivity contribution < 1.29 is 0 Å². The van der Waals surface area contributed by atoms with Gasteiger partial charge in [0.1, 0.15) is 0 Å². The summed E-state index contributed by atoms with van der Waals surface area (Å²) in [6.45, 7) is 0. The van der Waals surface area contributed by atoms with Crippen molar-refractivity contribution in [2.45, 2.75) is 0 Å². The average Bonchev–Trinajstić information content (AvgIpc) is 3.58. The molecule has 10 aromatic rings. The summed E-state index contributed by atoms with van der Waals surface area (Å²) in [6.07, 6.45) is 0. The van der Waals surface area contributed by atoms with Crippen molar-refractivity contribution in [2.24, 2.45) is 0 Å². The van der Waals surface area contributed by atoms with Crippen LogP contribution in [0, 0.1) is 0 Å². The van der Waals surface area contributed by atoms with Crippen LogP contribution in [0.1, 0.15) is 0 Å². The third-order valence-electron chi connectivity index (χ3n) is 10.1. The molecule has 0 bridgehead atoms. The van der Waals surface area contributed by atoms with Crippen LogP contribution in [-0.2, 0) is 0 Å². The second-order valence-electron chi connectivity index (χ2n) is 13.3. The number of hydrogen-bond acceptors (Lipinski definition) is 3. The highest BCUT2D eigenvalue weighted by atomic mass is 15.0. The van der Waals surface area contributed by atoms with Crippen molar-refractivity contribution >= 4 is 32.6 Å². The Morgan fingerprint density at radius 2 is 0.679 bits per heavy atom. The lowest BCUT2D eigenvalue weighted by molar-refractivity contribution is 1.07. The van der Waals surface area contributed by atoms with Crippen molar-refractivity contribution in [2.75, 3.05) is 0 Å². The molecule has 0 aliphatic carbocycles. The summed E-state index contributed by atoms with van der Waals surface area (Å²) < 4.78 is 2.35. The Balaban J connectivity index is 1.01. The Labute approximate surface area is 307 Å². The molecule has 248 valence electrons. The van der Waals surface area contributed by atoms with Crippen molar-refractivity contribution in [3.05, 3.63) is 194 Å². The topological polar surface area (TPSA) is 43.6 Å². The van der Waals surface area contributed by atoms with E-state index in [2.05, 4.69) is 193 Å². The van der Waals surface area contributed by atoms with Crippen LogP contribution in [0.25, 0.3) is 94.7 Å². The van der Waals surface area contributed by atoms with Crippen molar-refractivity contribution in [1.82, 2.24) is 19.5 Å². The van der Waals surface area contributed by atoms with Gasteiger partial charge in [0.15, 0.2) is 17.5 Å². The monoisotopic (exact) mass is 676 g/mol. The number of aromatic nitrogens is 4. The summed E-state index contributed by atoms with van der Waals surface area (Å²) in [5.41, 5.74) is 11.0. The van der Waals surface area contributed by atoms with E-state index in [1.807, 2.05) is 6.07 Å². The molecule has 0 amide bonds. The maximum absolute atomic E-state index is 5.04. The van der Waals surface area contributed by atoms with Crippen LogP contribution in [0.15, 0.2) is 194 Å². The molecular formula is C49H32N4. The fraction of sp³-hybridized carbons (Fsp3) is 0. The minimum Gasteiger partial charge on any atom is -0.309 e. The van der Waals surface area contributed by atoms with Crippen LogP contribution in [0.3, 0.4) is 0 Å². The summed E-state index contributed by atoms with van der Waals surface area (Å²) in [6, 6.07) is 68.2. The minimum absolute atomic E-state index is 0.638. The highest BCUT2D eigenvalue weighted by molar-refractivity contribution is 6.09. The molecule has 4 nitrogen and oxygen atoms in total. The van der Waals surface area contributed by atoms with E-state index in [4.69, 9.17) is 15.0 Å². The van der Waals surface area contributed by atoms with Crippen LogP contribution < -0.4 is 0 Å². The number of nitrogens with zero attached hydrogens (tertiary/aromatic N) is 4. The molecule has 10 rings (SSSR count). The maximum Gasteiger partial charge on any atom is 0.164 e. The van der Waals surface area contributed by atoms with Crippen LogP contribution in [0.2, 0.25) is 0 Å². The Hall–Kier alpha value is -7.17. The van der Waals surface area contributed by atoms with Crippen molar-refractivity contribution in [3.8, 4) is 62.1 Å². The largest absolute Gasteiger partial charge is 0.309 e. The third kappa shape index (κ3) is 5.63. The number of hydrogen-bond donors (Lipinski definition) is 0. The summed E-state index contributed by atoms with van der Waals surface area (Å²) in [7, 11) is 0. The van der Waals surface area contributed by atoms with Gasteiger partial charge in [0.25, 0.3) is 0 Å². The molecule has 0 N–H and O–H groups in total. The first-order valence-electron chi connectivity index (χ1n) is 17.9. The zero-order chi connectivity index (χ0) is 35.1. The maximum atomic E-state index is 5.04. The van der Waals surface area contributed by atoms with E-state index in [-0.39, 0.29) is 0 Å². The molecule has 2 aromatic heterocycles. The van der Waals surface area contributed by atoms with Gasteiger partial charge in [0.2, 0.25) is 0 Å². The van der Waals surface area contributed by atoms with E-state index in [1.54, 1.807) is 0 Å². The molecule has 0 fully saturated rings. The van der Waals surface area contributed by atoms with E-state index in [1.165, 1.54) is 32.8 Å². The Morgan fingerprint density at radius 3 is 1.25 bits per heavy atom. The van der Waals surface area contributed by atoms with Crippen molar-refractivity contribution in [1.29, 1.82) is 0 Å². The molecule has 2 heterocycles. The lowest BCUT2D eigenvalue weighted by Crippen LogP contribution is -2.00. The molecule has 0 saturated carbocycles. The number of rotatable bonds is 6. The van der Waals surface area contributed by atoms with E-state index in [0.29, 0.717) is 17.5 Å². The molecular weight excluding hydrogens is 645 g/mol. The summed E-state index contributed by atoms with van der Waals surface area (Å²) >= 11 is 0. The smallest absolute Gasteiger partial charge is 0.164 e. The van der Waals surface area contributed by atoms with Gasteiger partial charge >= 0.3 is 0 Å². The standard InChI is InChI=1S/C49H32N4/c1-2-10-33(11-3-1)35-18-23-38(24-19-35)47-50-48(52-49(51-47)41-27-22-34-12-4-5-13-40(34)32-41)39-25-20-36(21-26-39)37-28-30-42(31-29-37)53-45-16-8-6-14-43(45)44-15-7-9-17-46(44)53/h1-32H.